The van der Waals surface area contributed by atoms with Crippen molar-refractivity contribution < 1.29 is 19.1 Å². The fraction of sp³-hybridized carbons (Fsp3) is 0.241. The molecule has 1 aromatic heterocycles. The molecule has 39 heavy (non-hydrogen) atoms. The first-order valence-corrected chi connectivity index (χ1v) is 14.5. The molecule has 2 heterocycles. The van der Waals surface area contributed by atoms with E-state index in [0.717, 1.165) is 52.7 Å². The van der Waals surface area contributed by atoms with Gasteiger partial charge in [-0.05, 0) is 73.9 Å². The van der Waals surface area contributed by atoms with E-state index in [9.17, 15) is 14.4 Å². The number of hydrogen-bond donors (Lipinski definition) is 2. The molecule has 3 amide bonds. The third kappa shape index (κ3) is 6.58. The van der Waals surface area contributed by atoms with Gasteiger partial charge in [-0.3, -0.25) is 14.4 Å². The number of anilines is 2. The lowest BCUT2D eigenvalue weighted by atomic mass is 10.0. The molecule has 1 aliphatic heterocycles. The van der Waals surface area contributed by atoms with E-state index in [0.29, 0.717) is 22.5 Å². The second-order valence-corrected chi connectivity index (χ2v) is 11.3. The Bertz CT molecular complexity index is 1500. The summed E-state index contributed by atoms with van der Waals surface area (Å²) in [5.74, 6) is 0.385. The molecule has 1 fully saturated rings. The number of thioether (sulfide) groups is 1. The van der Waals surface area contributed by atoms with Crippen LogP contribution in [0.5, 0.6) is 5.75 Å². The van der Waals surface area contributed by atoms with Crippen LogP contribution in [-0.4, -0.2) is 53.6 Å². The van der Waals surface area contributed by atoms with Gasteiger partial charge in [0.05, 0.1) is 34.2 Å². The van der Waals surface area contributed by atoms with Gasteiger partial charge in [0.1, 0.15) is 5.75 Å². The molecule has 0 saturated carbocycles. The highest BCUT2D eigenvalue weighted by Crippen LogP contribution is 2.31. The number of carbonyl (C=O) groups excluding carboxylic acids is 3. The second kappa shape index (κ2) is 12.3. The van der Waals surface area contributed by atoms with Gasteiger partial charge < -0.3 is 20.3 Å². The van der Waals surface area contributed by atoms with Gasteiger partial charge in [-0.1, -0.05) is 23.9 Å². The number of carbonyl (C=O) groups is 3. The Morgan fingerprint density at radius 2 is 1.64 bits per heavy atom. The summed E-state index contributed by atoms with van der Waals surface area (Å²) in [7, 11) is 1.59. The molecule has 200 valence electrons. The molecule has 1 saturated heterocycles. The zero-order valence-corrected chi connectivity index (χ0v) is 23.1. The lowest BCUT2D eigenvalue weighted by Crippen LogP contribution is -2.36. The first-order chi connectivity index (χ1) is 19.0. The number of hydrogen-bond acceptors (Lipinski definition) is 7. The minimum absolute atomic E-state index is 0.101. The second-order valence-electron chi connectivity index (χ2n) is 9.08. The Labute approximate surface area is 234 Å². The first kappa shape index (κ1) is 26.7. The summed E-state index contributed by atoms with van der Waals surface area (Å²) in [5, 5.41) is 5.80. The van der Waals surface area contributed by atoms with Crippen LogP contribution in [0.2, 0.25) is 0 Å². The zero-order valence-electron chi connectivity index (χ0n) is 21.4. The van der Waals surface area contributed by atoms with Crippen molar-refractivity contribution in [1.29, 1.82) is 0 Å². The number of likely N-dealkylation sites (tertiary alicyclic amines) is 1. The van der Waals surface area contributed by atoms with Crippen LogP contribution < -0.4 is 15.4 Å². The Balaban J connectivity index is 1.22. The number of nitrogens with zero attached hydrogens (tertiary/aromatic N) is 2. The van der Waals surface area contributed by atoms with Crippen LogP contribution in [-0.2, 0) is 4.79 Å². The average Bonchev–Trinajstić information content (AvgIpc) is 3.39. The van der Waals surface area contributed by atoms with Gasteiger partial charge in [-0.2, -0.15) is 0 Å². The fourth-order valence-electron chi connectivity index (χ4n) is 4.38. The number of nitrogens with one attached hydrogen (secondary N) is 2. The van der Waals surface area contributed by atoms with Crippen LogP contribution in [0.4, 0.5) is 11.4 Å². The van der Waals surface area contributed by atoms with Crippen LogP contribution in [0, 0.1) is 0 Å². The highest BCUT2D eigenvalue weighted by molar-refractivity contribution is 8.01. The number of methoxy groups -OCH3 is 1. The number of benzene rings is 3. The SMILES string of the molecule is COc1ccc(NC(=O)CSc2nc3ccc(NC(=O)c4ccccc4C(=O)N4CCCCC4)cc3s2)cc1. The number of thiazole rings is 1. The Morgan fingerprint density at radius 3 is 2.38 bits per heavy atom. The standard InChI is InChI=1S/C29H28N4O4S2/c1-37-21-12-9-19(10-13-21)30-26(34)18-38-29-32-24-14-11-20(17-25(24)39-29)31-27(35)22-7-3-4-8-23(22)28(36)33-15-5-2-6-16-33/h3-4,7-14,17H,2,5-6,15-16,18H2,1H3,(H,30,34)(H,31,35). The van der Waals surface area contributed by atoms with Gasteiger partial charge in [0.2, 0.25) is 5.91 Å². The van der Waals surface area contributed by atoms with Crippen molar-refractivity contribution in [2.45, 2.75) is 23.6 Å². The van der Waals surface area contributed by atoms with E-state index in [4.69, 9.17) is 4.74 Å². The van der Waals surface area contributed by atoms with Crippen molar-refractivity contribution in [3.05, 3.63) is 77.9 Å². The van der Waals surface area contributed by atoms with Crippen LogP contribution in [0.25, 0.3) is 10.2 Å². The molecule has 0 radical (unpaired) electrons. The molecule has 1 aliphatic rings. The van der Waals surface area contributed by atoms with E-state index in [1.54, 1.807) is 61.7 Å². The maximum Gasteiger partial charge on any atom is 0.256 e. The molecule has 0 unspecified atom stereocenters. The zero-order chi connectivity index (χ0) is 27.2. The van der Waals surface area contributed by atoms with Crippen LogP contribution in [0.3, 0.4) is 0 Å². The highest BCUT2D eigenvalue weighted by Gasteiger charge is 2.23. The normalized spacial score (nSPS) is 13.2. The largest absolute Gasteiger partial charge is 0.497 e. The predicted molar refractivity (Wildman–Crippen MR) is 156 cm³/mol. The van der Waals surface area contributed by atoms with E-state index >= 15 is 0 Å². The molecule has 0 aliphatic carbocycles. The van der Waals surface area contributed by atoms with Gasteiger partial charge in [-0.25, -0.2) is 4.98 Å². The van der Waals surface area contributed by atoms with Crippen LogP contribution >= 0.6 is 23.1 Å². The van der Waals surface area contributed by atoms with Crippen molar-refractivity contribution in [3.8, 4) is 5.75 Å². The predicted octanol–water partition coefficient (Wildman–Crippen LogP) is 5.91. The summed E-state index contributed by atoms with van der Waals surface area (Å²) >= 11 is 2.82. The molecule has 3 aromatic carbocycles. The number of aromatic nitrogens is 1. The van der Waals surface area contributed by atoms with Crippen molar-refractivity contribution in [3.63, 3.8) is 0 Å². The highest BCUT2D eigenvalue weighted by atomic mass is 32.2. The van der Waals surface area contributed by atoms with Crippen molar-refractivity contribution in [2.24, 2.45) is 0 Å². The summed E-state index contributed by atoms with van der Waals surface area (Å²) < 4.78 is 6.79. The van der Waals surface area contributed by atoms with Gasteiger partial charge in [0.15, 0.2) is 4.34 Å². The van der Waals surface area contributed by atoms with Crippen LogP contribution in [0.1, 0.15) is 40.0 Å². The van der Waals surface area contributed by atoms with Crippen molar-refractivity contribution in [1.82, 2.24) is 9.88 Å². The van der Waals surface area contributed by atoms with Crippen molar-refractivity contribution in [2.75, 3.05) is 36.6 Å². The molecule has 2 N–H and O–H groups in total. The van der Waals surface area contributed by atoms with Crippen molar-refractivity contribution >= 4 is 62.4 Å². The minimum Gasteiger partial charge on any atom is -0.497 e. The number of fused-ring (bicyclic) bond motifs is 1. The molecule has 8 nitrogen and oxygen atoms in total. The molecule has 0 atom stereocenters. The maximum atomic E-state index is 13.2. The summed E-state index contributed by atoms with van der Waals surface area (Å²) in [4.78, 5) is 45.1. The lowest BCUT2D eigenvalue weighted by molar-refractivity contribution is -0.113. The molecule has 5 rings (SSSR count). The van der Waals surface area contributed by atoms with E-state index in [1.165, 1.54) is 23.1 Å². The number of piperidine rings is 1. The smallest absolute Gasteiger partial charge is 0.256 e. The van der Waals surface area contributed by atoms with Crippen LogP contribution in [0.15, 0.2) is 71.1 Å². The molecular weight excluding hydrogens is 532 g/mol. The molecule has 10 heteroatoms. The molecule has 0 spiro atoms. The average molecular weight is 561 g/mol. The van der Waals surface area contributed by atoms with E-state index in [-0.39, 0.29) is 23.5 Å². The molecule has 4 aromatic rings. The van der Waals surface area contributed by atoms with E-state index in [1.807, 2.05) is 17.0 Å². The summed E-state index contributed by atoms with van der Waals surface area (Å²) in [6.07, 6.45) is 3.11. The first-order valence-electron chi connectivity index (χ1n) is 12.7. The van der Waals surface area contributed by atoms with E-state index in [2.05, 4.69) is 15.6 Å². The van der Waals surface area contributed by atoms with Gasteiger partial charge in [0.25, 0.3) is 11.8 Å². The Morgan fingerprint density at radius 1 is 0.923 bits per heavy atom. The van der Waals surface area contributed by atoms with Gasteiger partial charge in [0, 0.05) is 24.5 Å². The Hall–Kier alpha value is -3.89. The third-order valence-corrected chi connectivity index (χ3v) is 8.53. The number of ether oxygens (including phenoxy) is 1. The number of rotatable bonds is 8. The number of amides is 3. The summed E-state index contributed by atoms with van der Waals surface area (Å²) in [6.45, 7) is 1.45. The van der Waals surface area contributed by atoms with E-state index < -0.39 is 0 Å². The van der Waals surface area contributed by atoms with Gasteiger partial charge >= 0.3 is 0 Å². The molecular formula is C29H28N4O4S2. The minimum atomic E-state index is -0.329. The fourth-order valence-corrected chi connectivity index (χ4v) is 6.28. The summed E-state index contributed by atoms with van der Waals surface area (Å²) in [6, 6.07) is 19.6. The quantitative estimate of drug-likeness (QED) is 0.260. The summed E-state index contributed by atoms with van der Waals surface area (Å²) in [5.41, 5.74) is 2.88. The van der Waals surface area contributed by atoms with Gasteiger partial charge in [-0.15, -0.1) is 11.3 Å². The Kier molecular flexibility index (Phi) is 8.43. The molecule has 0 bridgehead atoms. The monoisotopic (exact) mass is 560 g/mol. The third-order valence-electron chi connectivity index (χ3n) is 6.37. The maximum absolute atomic E-state index is 13.2. The topological polar surface area (TPSA) is 101 Å². The lowest BCUT2D eigenvalue weighted by Gasteiger charge is -2.27.